The van der Waals surface area contributed by atoms with Gasteiger partial charge in [-0.3, -0.25) is 9.48 Å². The van der Waals surface area contributed by atoms with Crippen LogP contribution in [0.3, 0.4) is 0 Å². The van der Waals surface area contributed by atoms with Gasteiger partial charge < -0.3 is 11.1 Å². The molecule has 3 N–H and O–H groups in total. The average Bonchev–Trinajstić information content (AvgIpc) is 3.05. The molecule has 0 radical (unpaired) electrons. The minimum absolute atomic E-state index is 0.0255. The molecule has 0 atom stereocenters. The fourth-order valence-electron chi connectivity index (χ4n) is 2.19. The number of aryl methyl sites for hydroxylation is 2. The Labute approximate surface area is 146 Å². The summed E-state index contributed by atoms with van der Waals surface area (Å²) in [5.41, 5.74) is 7.32. The van der Waals surface area contributed by atoms with Gasteiger partial charge in [-0.1, -0.05) is 35.1 Å². The lowest BCUT2D eigenvalue weighted by Crippen LogP contribution is -2.14. The van der Waals surface area contributed by atoms with E-state index in [2.05, 4.69) is 15.4 Å². The quantitative estimate of drug-likeness (QED) is 0.744. The first-order valence-electron chi connectivity index (χ1n) is 6.89. The molecule has 0 fully saturated rings. The number of benzene rings is 1. The van der Waals surface area contributed by atoms with E-state index in [4.69, 9.17) is 17.3 Å². The number of rotatable bonds is 3. The van der Waals surface area contributed by atoms with Crippen molar-refractivity contribution in [3.05, 3.63) is 46.6 Å². The number of hydrogen-bond acceptors (Lipinski definition) is 5. The molecule has 3 aromatic rings. The highest BCUT2D eigenvalue weighted by Gasteiger charge is 2.21. The van der Waals surface area contributed by atoms with Crippen molar-refractivity contribution in [2.45, 2.75) is 6.92 Å². The van der Waals surface area contributed by atoms with E-state index in [0.29, 0.717) is 21.8 Å². The Morgan fingerprint density at radius 2 is 2.21 bits per heavy atom. The van der Waals surface area contributed by atoms with Crippen molar-refractivity contribution in [3.63, 3.8) is 0 Å². The maximum absolute atomic E-state index is 14.1. The van der Waals surface area contributed by atoms with Crippen molar-refractivity contribution in [1.82, 2.24) is 14.8 Å². The van der Waals surface area contributed by atoms with Crippen LogP contribution < -0.4 is 11.1 Å². The number of amides is 1. The van der Waals surface area contributed by atoms with Crippen molar-refractivity contribution in [2.75, 3.05) is 11.1 Å². The topological polar surface area (TPSA) is 85.8 Å². The summed E-state index contributed by atoms with van der Waals surface area (Å²) in [7, 11) is 1.65. The minimum Gasteiger partial charge on any atom is -0.389 e. The molecule has 1 amide bonds. The van der Waals surface area contributed by atoms with Crippen molar-refractivity contribution < 1.29 is 9.18 Å². The Bertz CT molecular complexity index is 916. The van der Waals surface area contributed by atoms with E-state index in [1.165, 1.54) is 16.9 Å². The molecule has 0 aliphatic carbocycles. The van der Waals surface area contributed by atoms with Crippen LogP contribution in [0.4, 0.5) is 15.1 Å². The molecule has 9 heteroatoms. The highest BCUT2D eigenvalue weighted by atomic mass is 35.5. The monoisotopic (exact) mass is 365 g/mol. The first-order chi connectivity index (χ1) is 11.4. The summed E-state index contributed by atoms with van der Waals surface area (Å²) in [4.78, 5) is 16.6. The number of aromatic nitrogens is 3. The number of hydrogen-bond donors (Lipinski definition) is 2. The first kappa shape index (κ1) is 16.4. The van der Waals surface area contributed by atoms with Gasteiger partial charge in [0.25, 0.3) is 5.91 Å². The van der Waals surface area contributed by atoms with Crippen LogP contribution in [-0.2, 0) is 7.05 Å². The predicted octanol–water partition coefficient (Wildman–Crippen LogP) is 3.48. The second-order valence-corrected chi connectivity index (χ2v) is 6.48. The zero-order valence-corrected chi connectivity index (χ0v) is 14.4. The van der Waals surface area contributed by atoms with Gasteiger partial charge >= 0.3 is 0 Å². The van der Waals surface area contributed by atoms with Crippen molar-refractivity contribution in [2.24, 2.45) is 7.05 Å². The number of carbonyl (C=O) groups excluding carboxylic acids is 1. The zero-order valence-electron chi connectivity index (χ0n) is 12.8. The number of anilines is 2. The number of carbonyl (C=O) groups is 1. The average molecular weight is 366 g/mol. The highest BCUT2D eigenvalue weighted by Crippen LogP contribution is 2.34. The lowest BCUT2D eigenvalue weighted by Gasteiger charge is -2.03. The number of nitrogens with zero attached hydrogens (tertiary/aromatic N) is 3. The molecule has 3 rings (SSSR count). The van der Waals surface area contributed by atoms with E-state index in [0.717, 1.165) is 11.3 Å². The van der Waals surface area contributed by atoms with Gasteiger partial charge in [0.2, 0.25) is 0 Å². The predicted molar refractivity (Wildman–Crippen MR) is 92.8 cm³/mol. The van der Waals surface area contributed by atoms with Crippen LogP contribution in [0.15, 0.2) is 24.4 Å². The number of thiazole rings is 1. The zero-order chi connectivity index (χ0) is 17.4. The summed E-state index contributed by atoms with van der Waals surface area (Å²) in [6.07, 6.45) is 1.42. The Morgan fingerprint density at radius 1 is 1.46 bits per heavy atom. The van der Waals surface area contributed by atoms with Gasteiger partial charge in [0, 0.05) is 12.6 Å². The number of nitrogens with two attached hydrogens (primary N) is 1. The van der Waals surface area contributed by atoms with Gasteiger partial charge in [-0.2, -0.15) is 5.10 Å². The maximum Gasteiger partial charge on any atom is 0.277 e. The van der Waals surface area contributed by atoms with Crippen molar-refractivity contribution in [1.29, 1.82) is 0 Å². The van der Waals surface area contributed by atoms with Gasteiger partial charge in [-0.05, 0) is 18.6 Å². The van der Waals surface area contributed by atoms with E-state index in [9.17, 15) is 9.18 Å². The van der Waals surface area contributed by atoms with Crippen LogP contribution in [0, 0.1) is 12.7 Å². The molecule has 0 aliphatic heterocycles. The smallest absolute Gasteiger partial charge is 0.277 e. The molecule has 2 aromatic heterocycles. The Kier molecular flexibility index (Phi) is 4.25. The molecule has 0 saturated heterocycles. The molecule has 0 saturated carbocycles. The standard InChI is InChI=1S/C15H13ClFN5OS/c1-7-4-3-5-8(17)10(7)15-21-11(13(18)24-15)14(23)20-9-6-19-22(2)12(9)16/h3-6H,18H2,1-2H3,(H,20,23). The molecule has 0 unspecified atom stereocenters. The van der Waals surface area contributed by atoms with Gasteiger partial charge in [0.15, 0.2) is 5.69 Å². The van der Waals surface area contributed by atoms with Gasteiger partial charge in [-0.15, -0.1) is 0 Å². The second kappa shape index (κ2) is 6.21. The lowest BCUT2D eigenvalue weighted by molar-refractivity contribution is 0.102. The Morgan fingerprint density at radius 3 is 2.83 bits per heavy atom. The van der Waals surface area contributed by atoms with Gasteiger partial charge in [0.1, 0.15) is 21.0 Å². The fourth-order valence-corrected chi connectivity index (χ4v) is 3.27. The van der Waals surface area contributed by atoms with E-state index < -0.39 is 11.7 Å². The van der Waals surface area contributed by atoms with Crippen LogP contribution in [0.25, 0.3) is 10.6 Å². The van der Waals surface area contributed by atoms with Gasteiger partial charge in [0.05, 0.1) is 11.9 Å². The third-order valence-corrected chi connectivity index (χ3v) is 4.77. The molecule has 0 spiro atoms. The van der Waals surface area contributed by atoms with Crippen LogP contribution >= 0.6 is 22.9 Å². The highest BCUT2D eigenvalue weighted by molar-refractivity contribution is 7.19. The summed E-state index contributed by atoms with van der Waals surface area (Å²) < 4.78 is 15.5. The SMILES string of the molecule is Cc1cccc(F)c1-c1nc(C(=O)Nc2cnn(C)c2Cl)c(N)s1. The maximum atomic E-state index is 14.1. The molecular weight excluding hydrogens is 353 g/mol. The molecule has 124 valence electrons. The minimum atomic E-state index is -0.529. The van der Waals surface area contributed by atoms with Crippen molar-refractivity contribution >= 4 is 39.5 Å². The van der Waals surface area contributed by atoms with Crippen molar-refractivity contribution in [3.8, 4) is 10.6 Å². The largest absolute Gasteiger partial charge is 0.389 e. The van der Waals surface area contributed by atoms with E-state index >= 15 is 0 Å². The molecule has 0 bridgehead atoms. The van der Waals surface area contributed by atoms with Crippen LogP contribution in [0.1, 0.15) is 16.1 Å². The molecule has 2 heterocycles. The van der Waals surface area contributed by atoms with E-state index in [1.54, 1.807) is 26.1 Å². The summed E-state index contributed by atoms with van der Waals surface area (Å²) in [5, 5.41) is 7.36. The fraction of sp³-hybridized carbons (Fsp3) is 0.133. The van der Waals surface area contributed by atoms with Crippen LogP contribution in [0.2, 0.25) is 5.15 Å². The number of nitrogen functional groups attached to an aromatic ring is 1. The molecule has 1 aromatic carbocycles. The van der Waals surface area contributed by atoms with E-state index in [1.807, 2.05) is 0 Å². The summed E-state index contributed by atoms with van der Waals surface area (Å²) >= 11 is 7.07. The Hall–Kier alpha value is -2.45. The third kappa shape index (κ3) is 2.85. The normalized spacial score (nSPS) is 10.8. The molecule has 24 heavy (non-hydrogen) atoms. The summed E-state index contributed by atoms with van der Waals surface area (Å²) in [6.45, 7) is 1.77. The lowest BCUT2D eigenvalue weighted by atomic mass is 10.1. The van der Waals surface area contributed by atoms with Crippen LogP contribution in [-0.4, -0.2) is 20.7 Å². The van der Waals surface area contributed by atoms with E-state index in [-0.39, 0.29) is 15.8 Å². The molecular formula is C15H13ClFN5OS. The molecule has 0 aliphatic rings. The molecule has 6 nitrogen and oxygen atoms in total. The first-order valence-corrected chi connectivity index (χ1v) is 8.08. The summed E-state index contributed by atoms with van der Waals surface area (Å²) in [6, 6.07) is 4.73. The second-order valence-electron chi connectivity index (χ2n) is 5.09. The Balaban J connectivity index is 1.94. The number of nitrogens with one attached hydrogen (secondary N) is 1. The third-order valence-electron chi connectivity index (χ3n) is 3.42. The summed E-state index contributed by atoms with van der Waals surface area (Å²) in [5.74, 6) is -0.940. The van der Waals surface area contributed by atoms with Gasteiger partial charge in [-0.25, -0.2) is 9.37 Å². The van der Waals surface area contributed by atoms with Crippen LogP contribution in [0.5, 0.6) is 0 Å². The number of halogens is 2.